The molecule has 1 aliphatic rings. The molecular weight excluding hydrogens is 264 g/mol. The Labute approximate surface area is 113 Å². The topological polar surface area (TPSA) is 81.4 Å². The summed E-state index contributed by atoms with van der Waals surface area (Å²) >= 11 is 0. The zero-order valence-electron chi connectivity index (χ0n) is 10.8. The van der Waals surface area contributed by atoms with E-state index < -0.39 is 10.0 Å². The van der Waals surface area contributed by atoms with Crippen LogP contribution in [0.2, 0.25) is 0 Å². The quantitative estimate of drug-likeness (QED) is 0.814. The molecule has 104 valence electrons. The van der Waals surface area contributed by atoms with E-state index in [2.05, 4.69) is 11.3 Å². The summed E-state index contributed by atoms with van der Waals surface area (Å²) in [5.41, 5.74) is 7.55. The number of hydrogen-bond donors (Lipinski definition) is 2. The fourth-order valence-electron chi connectivity index (χ4n) is 2.09. The number of benzene rings is 1. The fourth-order valence-corrected chi connectivity index (χ4v) is 3.21. The second-order valence-electron chi connectivity index (χ2n) is 4.54. The lowest BCUT2D eigenvalue weighted by molar-refractivity contribution is 0.266. The number of hydrogen-bond acceptors (Lipinski definition) is 4. The molecule has 2 rings (SSSR count). The molecule has 1 atom stereocenters. The molecule has 0 fully saturated rings. The summed E-state index contributed by atoms with van der Waals surface area (Å²) in [6.45, 7) is 6.07. The van der Waals surface area contributed by atoms with Gasteiger partial charge in [-0.25, -0.2) is 13.1 Å². The summed E-state index contributed by atoms with van der Waals surface area (Å²) in [4.78, 5) is 0.214. The normalized spacial score (nSPS) is 18.5. The molecule has 0 aliphatic carbocycles. The van der Waals surface area contributed by atoms with E-state index in [1.807, 2.05) is 6.92 Å². The van der Waals surface area contributed by atoms with Crippen LogP contribution >= 0.6 is 0 Å². The van der Waals surface area contributed by atoms with E-state index in [0.29, 0.717) is 18.8 Å². The molecule has 1 heterocycles. The van der Waals surface area contributed by atoms with Crippen molar-refractivity contribution >= 4 is 10.0 Å². The number of fused-ring (bicyclic) bond motifs is 1. The average molecular weight is 282 g/mol. The minimum Gasteiger partial charge on any atom is -0.493 e. The van der Waals surface area contributed by atoms with Crippen molar-refractivity contribution in [3.63, 3.8) is 0 Å². The lowest BCUT2D eigenvalue weighted by atomic mass is 9.99. The molecule has 1 unspecified atom stereocenters. The number of sulfonamides is 1. The molecule has 19 heavy (non-hydrogen) atoms. The maximum Gasteiger partial charge on any atom is 0.240 e. The molecule has 0 saturated carbocycles. The van der Waals surface area contributed by atoms with E-state index in [1.54, 1.807) is 12.1 Å². The molecule has 6 heteroatoms. The van der Waals surface area contributed by atoms with Crippen LogP contribution in [0.25, 0.3) is 0 Å². The Balaban J connectivity index is 2.46. The highest BCUT2D eigenvalue weighted by Crippen LogP contribution is 2.35. The lowest BCUT2D eigenvalue weighted by Gasteiger charge is -2.25. The van der Waals surface area contributed by atoms with Gasteiger partial charge >= 0.3 is 0 Å². The summed E-state index contributed by atoms with van der Waals surface area (Å²) in [6.07, 6.45) is 2.19. The highest BCUT2D eigenvalue weighted by molar-refractivity contribution is 7.89. The summed E-state index contributed by atoms with van der Waals surface area (Å²) in [5, 5.41) is 0. The number of nitrogens with two attached hydrogens (primary N) is 1. The van der Waals surface area contributed by atoms with Crippen LogP contribution < -0.4 is 15.2 Å². The molecule has 0 aromatic heterocycles. The molecule has 1 aromatic carbocycles. The average Bonchev–Trinajstić information content (AvgIpc) is 2.37. The minimum atomic E-state index is -3.53. The fraction of sp³-hybridized carbons (Fsp3) is 0.385. The Hall–Kier alpha value is -1.37. The van der Waals surface area contributed by atoms with E-state index >= 15 is 0 Å². The van der Waals surface area contributed by atoms with Crippen LogP contribution in [0.4, 0.5) is 0 Å². The van der Waals surface area contributed by atoms with E-state index in [1.165, 1.54) is 6.08 Å². The van der Waals surface area contributed by atoms with Gasteiger partial charge < -0.3 is 10.5 Å². The van der Waals surface area contributed by atoms with E-state index in [9.17, 15) is 8.42 Å². The highest BCUT2D eigenvalue weighted by Gasteiger charge is 2.24. The Kier molecular flexibility index (Phi) is 3.93. The van der Waals surface area contributed by atoms with E-state index in [0.717, 1.165) is 11.1 Å². The van der Waals surface area contributed by atoms with Gasteiger partial charge in [-0.3, -0.25) is 0 Å². The highest BCUT2D eigenvalue weighted by atomic mass is 32.2. The maximum atomic E-state index is 12.1. The monoisotopic (exact) mass is 282 g/mol. The Morgan fingerprint density at radius 3 is 3.00 bits per heavy atom. The number of nitrogens with one attached hydrogen (secondary N) is 1. The molecular formula is C13H18N2O3S. The van der Waals surface area contributed by atoms with Gasteiger partial charge in [-0.15, -0.1) is 6.58 Å². The largest absolute Gasteiger partial charge is 0.493 e. The van der Waals surface area contributed by atoms with Gasteiger partial charge in [-0.1, -0.05) is 6.08 Å². The first kappa shape index (κ1) is 14.0. The third-order valence-electron chi connectivity index (χ3n) is 3.08. The van der Waals surface area contributed by atoms with Crippen molar-refractivity contribution in [3.05, 3.63) is 35.9 Å². The molecule has 0 saturated heterocycles. The Morgan fingerprint density at radius 2 is 2.32 bits per heavy atom. The molecule has 0 spiro atoms. The van der Waals surface area contributed by atoms with Crippen LogP contribution in [0.3, 0.4) is 0 Å². The number of ether oxygens (including phenoxy) is 1. The minimum absolute atomic E-state index is 0.183. The predicted octanol–water partition coefficient (Wildman–Crippen LogP) is 1.24. The van der Waals surface area contributed by atoms with Gasteiger partial charge in [0, 0.05) is 24.6 Å². The van der Waals surface area contributed by atoms with E-state index in [4.69, 9.17) is 10.5 Å². The van der Waals surface area contributed by atoms with Gasteiger partial charge in [0.2, 0.25) is 10.0 Å². The Morgan fingerprint density at radius 1 is 1.58 bits per heavy atom. The van der Waals surface area contributed by atoms with Crippen LogP contribution in [0, 0.1) is 6.92 Å². The summed E-state index contributed by atoms with van der Waals surface area (Å²) in [7, 11) is -3.53. The molecule has 0 radical (unpaired) electrons. The van der Waals surface area contributed by atoms with Crippen LogP contribution in [0.15, 0.2) is 29.7 Å². The van der Waals surface area contributed by atoms with Gasteiger partial charge in [0.05, 0.1) is 11.5 Å². The van der Waals surface area contributed by atoms with Gasteiger partial charge in [0.25, 0.3) is 0 Å². The second-order valence-corrected chi connectivity index (χ2v) is 6.31. The van der Waals surface area contributed by atoms with Crippen molar-refractivity contribution in [1.82, 2.24) is 4.72 Å². The van der Waals surface area contributed by atoms with Gasteiger partial charge in [0.1, 0.15) is 5.75 Å². The molecule has 0 amide bonds. The molecule has 1 aromatic rings. The van der Waals surface area contributed by atoms with Gasteiger partial charge in [0.15, 0.2) is 0 Å². The lowest BCUT2D eigenvalue weighted by Crippen LogP contribution is -2.26. The third-order valence-corrected chi connectivity index (χ3v) is 4.48. The zero-order chi connectivity index (χ0) is 14.0. The van der Waals surface area contributed by atoms with Crippen LogP contribution in [0.5, 0.6) is 5.75 Å². The van der Waals surface area contributed by atoms with Gasteiger partial charge in [-0.2, -0.15) is 0 Å². The molecule has 1 aliphatic heterocycles. The number of rotatable bonds is 4. The van der Waals surface area contributed by atoms with E-state index in [-0.39, 0.29) is 17.5 Å². The van der Waals surface area contributed by atoms with Crippen LogP contribution in [0.1, 0.15) is 23.6 Å². The Bertz CT molecular complexity index is 596. The van der Waals surface area contributed by atoms with Crippen LogP contribution in [-0.4, -0.2) is 21.6 Å². The van der Waals surface area contributed by atoms with Crippen molar-refractivity contribution < 1.29 is 13.2 Å². The molecule has 0 bridgehead atoms. The summed E-state index contributed by atoms with van der Waals surface area (Å²) in [5.74, 6) is 0.710. The van der Waals surface area contributed by atoms with Crippen LogP contribution in [-0.2, 0) is 10.0 Å². The first-order valence-electron chi connectivity index (χ1n) is 6.09. The first-order chi connectivity index (χ1) is 8.95. The van der Waals surface area contributed by atoms with Crippen molar-refractivity contribution in [1.29, 1.82) is 0 Å². The van der Waals surface area contributed by atoms with Crippen molar-refractivity contribution in [2.75, 3.05) is 13.2 Å². The second kappa shape index (κ2) is 5.32. The summed E-state index contributed by atoms with van der Waals surface area (Å²) in [6, 6.07) is 3.01. The van der Waals surface area contributed by atoms with Gasteiger partial charge in [-0.05, 0) is 24.6 Å². The first-order valence-corrected chi connectivity index (χ1v) is 7.57. The summed E-state index contributed by atoms with van der Waals surface area (Å²) < 4.78 is 32.2. The zero-order valence-corrected chi connectivity index (χ0v) is 11.7. The number of aryl methyl sites for hydroxylation is 1. The third kappa shape index (κ3) is 2.80. The van der Waals surface area contributed by atoms with Crippen molar-refractivity contribution in [2.24, 2.45) is 5.73 Å². The maximum absolute atomic E-state index is 12.1. The van der Waals surface area contributed by atoms with Crippen molar-refractivity contribution in [2.45, 2.75) is 24.3 Å². The predicted molar refractivity (Wildman–Crippen MR) is 73.6 cm³/mol. The van der Waals surface area contributed by atoms with Crippen molar-refractivity contribution in [3.8, 4) is 5.75 Å². The standard InChI is InChI=1S/C13H18N2O3S/c1-3-5-15-19(16,17)10-7-9(2)13-11(8-10)12(14)4-6-18-13/h3,7-8,12,15H,1,4-6,14H2,2H3. The smallest absolute Gasteiger partial charge is 0.240 e. The molecule has 3 N–H and O–H groups in total. The SMILES string of the molecule is C=CCNS(=O)(=O)c1cc(C)c2c(c1)C(N)CCO2. The molecule has 5 nitrogen and oxygen atoms in total.